The van der Waals surface area contributed by atoms with E-state index in [1.807, 2.05) is 18.2 Å². The summed E-state index contributed by atoms with van der Waals surface area (Å²) in [6, 6.07) is 13.4. The Morgan fingerprint density at radius 1 is 1.07 bits per heavy atom. The van der Waals surface area contributed by atoms with Gasteiger partial charge in [-0.15, -0.1) is 0 Å². The maximum Gasteiger partial charge on any atom is 0.319 e. The van der Waals surface area contributed by atoms with Crippen molar-refractivity contribution in [2.45, 2.75) is 31.1 Å². The number of carbonyl (C=O) groups excluding carboxylic acids is 1. The van der Waals surface area contributed by atoms with Crippen molar-refractivity contribution >= 4 is 11.7 Å². The van der Waals surface area contributed by atoms with Gasteiger partial charge in [0.25, 0.3) is 0 Å². The van der Waals surface area contributed by atoms with Crippen molar-refractivity contribution in [2.75, 3.05) is 25.8 Å². The summed E-state index contributed by atoms with van der Waals surface area (Å²) in [5, 5.41) is 5.93. The summed E-state index contributed by atoms with van der Waals surface area (Å²) in [7, 11) is 1.67. The zero-order valence-electron chi connectivity index (χ0n) is 15.4. The fraction of sp³-hybridized carbons (Fsp3) is 0.381. The van der Waals surface area contributed by atoms with Crippen LogP contribution in [0.5, 0.6) is 17.2 Å². The molecule has 142 valence electrons. The number of hydrogen-bond donors (Lipinski definition) is 2. The average molecular weight is 368 g/mol. The predicted molar refractivity (Wildman–Crippen MR) is 103 cm³/mol. The van der Waals surface area contributed by atoms with Gasteiger partial charge in [-0.3, -0.25) is 0 Å². The van der Waals surface area contributed by atoms with Crippen LogP contribution < -0.4 is 24.8 Å². The molecular weight excluding hydrogens is 344 g/mol. The Morgan fingerprint density at radius 3 is 2.56 bits per heavy atom. The summed E-state index contributed by atoms with van der Waals surface area (Å²) < 4.78 is 15.9. The van der Waals surface area contributed by atoms with Gasteiger partial charge in [-0.2, -0.15) is 0 Å². The SMILES string of the molecule is COc1ccc(C2(CNC(=O)Nc3ccc4c(c3)OCO4)CCCC2)cc1. The molecule has 0 bridgehead atoms. The lowest BCUT2D eigenvalue weighted by Gasteiger charge is -2.30. The molecule has 4 rings (SSSR count). The fourth-order valence-corrected chi connectivity index (χ4v) is 3.96. The largest absolute Gasteiger partial charge is 0.497 e. The molecule has 2 aromatic carbocycles. The average Bonchev–Trinajstić information content (AvgIpc) is 3.36. The first-order valence-corrected chi connectivity index (χ1v) is 9.28. The van der Waals surface area contributed by atoms with Crippen LogP contribution in [0, 0.1) is 0 Å². The molecule has 0 radical (unpaired) electrons. The second kappa shape index (κ2) is 7.39. The van der Waals surface area contributed by atoms with Crippen molar-refractivity contribution in [1.29, 1.82) is 0 Å². The number of anilines is 1. The number of fused-ring (bicyclic) bond motifs is 1. The Balaban J connectivity index is 1.41. The molecule has 2 aromatic rings. The van der Waals surface area contributed by atoms with Gasteiger partial charge in [-0.1, -0.05) is 25.0 Å². The first-order valence-electron chi connectivity index (χ1n) is 9.28. The van der Waals surface area contributed by atoms with Gasteiger partial charge in [0.1, 0.15) is 5.75 Å². The Kier molecular flexibility index (Phi) is 4.79. The lowest BCUT2D eigenvalue weighted by molar-refractivity contribution is 0.174. The topological polar surface area (TPSA) is 68.8 Å². The number of hydrogen-bond acceptors (Lipinski definition) is 4. The number of amides is 2. The molecule has 0 spiro atoms. The second-order valence-electron chi connectivity index (χ2n) is 7.09. The van der Waals surface area contributed by atoms with Gasteiger partial charge in [-0.25, -0.2) is 4.79 Å². The molecule has 1 heterocycles. The van der Waals surface area contributed by atoms with Crippen LogP contribution in [0.25, 0.3) is 0 Å². The van der Waals surface area contributed by atoms with Crippen LogP contribution >= 0.6 is 0 Å². The van der Waals surface area contributed by atoms with Gasteiger partial charge in [0, 0.05) is 23.7 Å². The zero-order chi connectivity index (χ0) is 18.7. The van der Waals surface area contributed by atoms with Crippen LogP contribution in [0.4, 0.5) is 10.5 Å². The normalized spacial score (nSPS) is 16.8. The quantitative estimate of drug-likeness (QED) is 0.835. The summed E-state index contributed by atoms with van der Waals surface area (Å²) in [6.07, 6.45) is 4.50. The lowest BCUT2D eigenvalue weighted by atomic mass is 9.79. The fourth-order valence-electron chi connectivity index (χ4n) is 3.96. The van der Waals surface area contributed by atoms with E-state index in [9.17, 15) is 4.79 Å². The minimum absolute atomic E-state index is 0.0154. The van der Waals surface area contributed by atoms with Gasteiger partial charge in [0.2, 0.25) is 6.79 Å². The predicted octanol–water partition coefficient (Wildman–Crippen LogP) is 4.06. The molecule has 0 atom stereocenters. The zero-order valence-corrected chi connectivity index (χ0v) is 15.4. The summed E-state index contributed by atoms with van der Waals surface area (Å²) >= 11 is 0. The third kappa shape index (κ3) is 3.65. The number of rotatable bonds is 5. The summed E-state index contributed by atoms with van der Waals surface area (Å²) in [4.78, 5) is 12.4. The highest BCUT2D eigenvalue weighted by Crippen LogP contribution is 2.41. The number of urea groups is 1. The van der Waals surface area contributed by atoms with Gasteiger partial charge >= 0.3 is 6.03 Å². The van der Waals surface area contributed by atoms with Gasteiger partial charge in [0.15, 0.2) is 11.5 Å². The van der Waals surface area contributed by atoms with Crippen molar-refractivity contribution in [2.24, 2.45) is 0 Å². The number of benzene rings is 2. The summed E-state index contributed by atoms with van der Waals surface area (Å²) in [5.74, 6) is 2.20. The molecule has 1 fully saturated rings. The highest BCUT2D eigenvalue weighted by molar-refractivity contribution is 5.89. The van der Waals surface area contributed by atoms with E-state index in [-0.39, 0.29) is 18.2 Å². The summed E-state index contributed by atoms with van der Waals surface area (Å²) in [6.45, 7) is 0.824. The van der Waals surface area contributed by atoms with Crippen molar-refractivity contribution in [3.8, 4) is 17.2 Å². The number of carbonyl (C=O) groups is 1. The Hall–Kier alpha value is -2.89. The van der Waals surface area contributed by atoms with Crippen LogP contribution in [0.1, 0.15) is 31.2 Å². The van der Waals surface area contributed by atoms with Crippen molar-refractivity contribution in [1.82, 2.24) is 5.32 Å². The van der Waals surface area contributed by atoms with Gasteiger partial charge < -0.3 is 24.8 Å². The molecule has 27 heavy (non-hydrogen) atoms. The highest BCUT2D eigenvalue weighted by Gasteiger charge is 2.36. The molecular formula is C21H24N2O4. The number of ether oxygens (including phenoxy) is 3. The van der Waals surface area contributed by atoms with E-state index in [0.29, 0.717) is 23.7 Å². The Bertz CT molecular complexity index is 813. The minimum Gasteiger partial charge on any atom is -0.497 e. The molecule has 1 aliphatic heterocycles. The Labute approximate surface area is 158 Å². The first kappa shape index (κ1) is 17.5. The van der Waals surface area contributed by atoms with Crippen LogP contribution in [0.2, 0.25) is 0 Å². The third-order valence-corrected chi connectivity index (χ3v) is 5.48. The monoisotopic (exact) mass is 368 g/mol. The van der Waals surface area contributed by atoms with Crippen LogP contribution in [-0.2, 0) is 5.41 Å². The van der Waals surface area contributed by atoms with E-state index in [4.69, 9.17) is 14.2 Å². The van der Waals surface area contributed by atoms with E-state index in [0.717, 1.165) is 18.6 Å². The first-order chi connectivity index (χ1) is 13.2. The van der Waals surface area contributed by atoms with Gasteiger partial charge in [0.05, 0.1) is 7.11 Å². The Morgan fingerprint density at radius 2 is 1.81 bits per heavy atom. The van der Waals surface area contributed by atoms with E-state index >= 15 is 0 Å². The maximum atomic E-state index is 12.4. The molecule has 1 aliphatic carbocycles. The smallest absolute Gasteiger partial charge is 0.319 e. The van der Waals surface area contributed by atoms with E-state index in [1.165, 1.54) is 18.4 Å². The highest BCUT2D eigenvalue weighted by atomic mass is 16.7. The third-order valence-electron chi connectivity index (χ3n) is 5.48. The molecule has 2 aliphatic rings. The molecule has 2 amide bonds. The molecule has 0 saturated heterocycles. The minimum atomic E-state index is -0.214. The van der Waals surface area contributed by atoms with Crippen molar-refractivity contribution in [3.63, 3.8) is 0 Å². The van der Waals surface area contributed by atoms with Crippen LogP contribution in [0.3, 0.4) is 0 Å². The van der Waals surface area contributed by atoms with E-state index in [2.05, 4.69) is 22.8 Å². The molecule has 6 nitrogen and oxygen atoms in total. The van der Waals surface area contributed by atoms with E-state index in [1.54, 1.807) is 19.2 Å². The second-order valence-corrected chi connectivity index (χ2v) is 7.09. The lowest BCUT2D eigenvalue weighted by Crippen LogP contribution is -2.40. The molecule has 0 unspecified atom stereocenters. The molecule has 0 aromatic heterocycles. The summed E-state index contributed by atoms with van der Waals surface area (Å²) in [5.41, 5.74) is 1.92. The van der Waals surface area contributed by atoms with Crippen LogP contribution in [0.15, 0.2) is 42.5 Å². The number of nitrogens with one attached hydrogen (secondary N) is 2. The van der Waals surface area contributed by atoms with Crippen molar-refractivity contribution in [3.05, 3.63) is 48.0 Å². The standard InChI is InChI=1S/C21H24N2O4/c1-25-17-7-4-15(5-8-17)21(10-2-3-11-21)13-22-20(24)23-16-6-9-18-19(12-16)27-14-26-18/h4-9,12H,2-3,10-11,13-14H2,1H3,(H2,22,23,24). The molecule has 1 saturated carbocycles. The van der Waals surface area contributed by atoms with Crippen LogP contribution in [-0.4, -0.2) is 26.5 Å². The molecule has 2 N–H and O–H groups in total. The van der Waals surface area contributed by atoms with Crippen molar-refractivity contribution < 1.29 is 19.0 Å². The number of methoxy groups -OCH3 is 1. The van der Waals surface area contributed by atoms with Gasteiger partial charge in [-0.05, 0) is 42.7 Å². The maximum absolute atomic E-state index is 12.4. The van der Waals surface area contributed by atoms with E-state index < -0.39 is 0 Å². The molecule has 6 heteroatoms.